The highest BCUT2D eigenvalue weighted by molar-refractivity contribution is 8.06. The molecule has 0 unspecified atom stereocenters. The molecule has 0 N–H and O–H groups in total. The van der Waals surface area contributed by atoms with E-state index in [1.165, 1.54) is 48.4 Å². The average Bonchev–Trinajstić information content (AvgIpc) is 2.86. The third kappa shape index (κ3) is 2.15. The second-order valence-electron chi connectivity index (χ2n) is 6.02. The number of halogens is 2. The second-order valence-corrected chi connectivity index (χ2v) is 7.73. The van der Waals surface area contributed by atoms with Crippen molar-refractivity contribution in [3.8, 4) is 0 Å². The Bertz CT molecular complexity index is 646. The molecule has 2 heterocycles. The number of nitrogens with zero attached hydrogens (tertiary/aromatic N) is 1. The third-order valence-electron chi connectivity index (χ3n) is 4.92. The molecule has 1 fully saturated rings. The number of thioether (sulfide) groups is 1. The van der Waals surface area contributed by atoms with Gasteiger partial charge in [0.2, 0.25) is 0 Å². The topological polar surface area (TPSA) is 3.24 Å². The molecule has 0 amide bonds. The molecule has 3 aliphatic rings. The Hall–Kier alpha value is -0.570. The van der Waals surface area contributed by atoms with E-state index in [9.17, 15) is 0 Å². The Morgan fingerprint density at radius 3 is 2.67 bits per heavy atom. The smallest absolute Gasteiger partial charge is 0.0752 e. The first-order valence-electron chi connectivity index (χ1n) is 7.51. The Balaban J connectivity index is 1.75. The Morgan fingerprint density at radius 2 is 1.95 bits per heavy atom. The lowest BCUT2D eigenvalue weighted by molar-refractivity contribution is 0.231. The van der Waals surface area contributed by atoms with Gasteiger partial charge in [0.15, 0.2) is 0 Å². The fraction of sp³-hybridized carbons (Fsp3) is 0.412. The molecule has 4 rings (SSSR count). The van der Waals surface area contributed by atoms with E-state index in [-0.39, 0.29) is 5.41 Å². The number of hydrogen-bond acceptors (Lipinski definition) is 2. The van der Waals surface area contributed by atoms with E-state index < -0.39 is 0 Å². The van der Waals surface area contributed by atoms with Crippen molar-refractivity contribution in [1.82, 2.24) is 4.90 Å². The molecule has 4 heteroatoms. The van der Waals surface area contributed by atoms with Crippen LogP contribution in [0.5, 0.6) is 0 Å². The molecule has 1 aliphatic carbocycles. The van der Waals surface area contributed by atoms with Crippen LogP contribution in [0.2, 0.25) is 10.0 Å². The molecule has 110 valence electrons. The highest BCUT2D eigenvalue weighted by Gasteiger charge is 2.46. The van der Waals surface area contributed by atoms with Crippen molar-refractivity contribution in [2.24, 2.45) is 0 Å². The number of benzene rings is 1. The molecule has 0 aromatic heterocycles. The SMILES string of the molecule is Clc1ccc(C2(C3=CSC4=CCCCN43)CCC2)cc1Cl. The van der Waals surface area contributed by atoms with Gasteiger partial charge in [-0.3, -0.25) is 0 Å². The van der Waals surface area contributed by atoms with E-state index in [4.69, 9.17) is 23.2 Å². The molecule has 0 bridgehead atoms. The summed E-state index contributed by atoms with van der Waals surface area (Å²) in [5.74, 6) is 0. The van der Waals surface area contributed by atoms with Gasteiger partial charge < -0.3 is 4.90 Å². The van der Waals surface area contributed by atoms with Gasteiger partial charge in [0.05, 0.1) is 15.1 Å². The largest absolute Gasteiger partial charge is 0.338 e. The molecule has 1 nitrogen and oxygen atoms in total. The van der Waals surface area contributed by atoms with Crippen LogP contribution in [-0.4, -0.2) is 11.4 Å². The number of rotatable bonds is 2. The molecule has 0 saturated heterocycles. The van der Waals surface area contributed by atoms with Crippen LogP contribution < -0.4 is 0 Å². The summed E-state index contributed by atoms with van der Waals surface area (Å²) in [5.41, 5.74) is 2.94. The number of allylic oxidation sites excluding steroid dienone is 2. The van der Waals surface area contributed by atoms with Crippen molar-refractivity contribution >= 4 is 35.0 Å². The predicted molar refractivity (Wildman–Crippen MR) is 91.7 cm³/mol. The van der Waals surface area contributed by atoms with Crippen LogP contribution in [0, 0.1) is 0 Å². The summed E-state index contributed by atoms with van der Waals surface area (Å²) in [4.78, 5) is 2.52. The summed E-state index contributed by atoms with van der Waals surface area (Å²) in [6.07, 6.45) is 8.54. The summed E-state index contributed by atoms with van der Waals surface area (Å²) in [6, 6.07) is 6.17. The first-order valence-corrected chi connectivity index (χ1v) is 9.15. The highest BCUT2D eigenvalue weighted by atomic mass is 35.5. The van der Waals surface area contributed by atoms with Crippen LogP contribution >= 0.6 is 35.0 Å². The van der Waals surface area contributed by atoms with Crippen molar-refractivity contribution in [1.29, 1.82) is 0 Å². The Labute approximate surface area is 140 Å². The molecule has 2 aliphatic heterocycles. The van der Waals surface area contributed by atoms with Crippen molar-refractivity contribution < 1.29 is 0 Å². The van der Waals surface area contributed by atoms with Gasteiger partial charge in [-0.15, -0.1) is 0 Å². The van der Waals surface area contributed by atoms with Crippen LogP contribution in [0.3, 0.4) is 0 Å². The van der Waals surface area contributed by atoms with Crippen LogP contribution in [-0.2, 0) is 5.41 Å². The Morgan fingerprint density at radius 1 is 1.10 bits per heavy atom. The standard InChI is InChI=1S/C17H17Cl2NS/c18-13-6-5-12(10-14(13)19)17(7-3-8-17)15-11-21-16-4-1-2-9-20(15)16/h4-6,10-11H,1-3,7-9H2. The van der Waals surface area contributed by atoms with Crippen molar-refractivity contribution in [3.63, 3.8) is 0 Å². The van der Waals surface area contributed by atoms with Gasteiger partial charge in [-0.25, -0.2) is 0 Å². The quantitative estimate of drug-likeness (QED) is 0.656. The zero-order valence-corrected chi connectivity index (χ0v) is 14.1. The van der Waals surface area contributed by atoms with Crippen LogP contribution in [0.25, 0.3) is 0 Å². The lowest BCUT2D eigenvalue weighted by Gasteiger charge is -2.47. The molecule has 21 heavy (non-hydrogen) atoms. The molecule has 0 spiro atoms. The zero-order valence-electron chi connectivity index (χ0n) is 11.7. The third-order valence-corrected chi connectivity index (χ3v) is 6.63. The van der Waals surface area contributed by atoms with Gasteiger partial charge in [-0.2, -0.15) is 0 Å². The number of hydrogen-bond donors (Lipinski definition) is 0. The second kappa shape index (κ2) is 5.26. The molecular weight excluding hydrogens is 321 g/mol. The van der Waals surface area contributed by atoms with Crippen molar-refractivity contribution in [3.05, 3.63) is 56.0 Å². The fourth-order valence-electron chi connectivity index (χ4n) is 3.61. The summed E-state index contributed by atoms with van der Waals surface area (Å²) in [5, 5.41) is 5.09. The van der Waals surface area contributed by atoms with Gasteiger partial charge in [0.25, 0.3) is 0 Å². The minimum Gasteiger partial charge on any atom is -0.338 e. The van der Waals surface area contributed by atoms with E-state index >= 15 is 0 Å². The molecule has 1 aromatic carbocycles. The first-order chi connectivity index (χ1) is 10.2. The monoisotopic (exact) mass is 337 g/mol. The zero-order chi connectivity index (χ0) is 14.4. The van der Waals surface area contributed by atoms with E-state index in [2.05, 4.69) is 28.5 Å². The maximum atomic E-state index is 6.26. The molecule has 0 atom stereocenters. The minimum absolute atomic E-state index is 0.147. The highest BCUT2D eigenvalue weighted by Crippen LogP contribution is 2.55. The van der Waals surface area contributed by atoms with Crippen LogP contribution in [0.15, 0.2) is 40.4 Å². The van der Waals surface area contributed by atoms with Crippen LogP contribution in [0.1, 0.15) is 37.7 Å². The summed E-state index contributed by atoms with van der Waals surface area (Å²) in [7, 11) is 0. The minimum atomic E-state index is 0.147. The lowest BCUT2D eigenvalue weighted by Crippen LogP contribution is -2.42. The van der Waals surface area contributed by atoms with E-state index in [0.29, 0.717) is 10.0 Å². The van der Waals surface area contributed by atoms with Gasteiger partial charge in [0.1, 0.15) is 0 Å². The number of fused-ring (bicyclic) bond motifs is 1. The molecule has 1 aromatic rings. The summed E-state index contributed by atoms with van der Waals surface area (Å²) >= 11 is 14.2. The first kappa shape index (κ1) is 14.0. The van der Waals surface area contributed by atoms with Gasteiger partial charge in [-0.05, 0) is 48.8 Å². The molecular formula is C17H17Cl2NS. The van der Waals surface area contributed by atoms with E-state index in [1.807, 2.05) is 17.8 Å². The molecule has 0 radical (unpaired) electrons. The van der Waals surface area contributed by atoms with Crippen molar-refractivity contribution in [2.75, 3.05) is 6.54 Å². The van der Waals surface area contributed by atoms with Gasteiger partial charge in [0, 0.05) is 17.7 Å². The average molecular weight is 338 g/mol. The lowest BCUT2D eigenvalue weighted by atomic mass is 9.62. The summed E-state index contributed by atoms with van der Waals surface area (Å²) in [6.45, 7) is 1.15. The Kier molecular flexibility index (Phi) is 3.52. The van der Waals surface area contributed by atoms with E-state index in [0.717, 1.165) is 6.54 Å². The normalized spacial score (nSPS) is 23.2. The fourth-order valence-corrected chi connectivity index (χ4v) is 5.03. The van der Waals surface area contributed by atoms with Gasteiger partial charge >= 0.3 is 0 Å². The van der Waals surface area contributed by atoms with Crippen LogP contribution in [0.4, 0.5) is 0 Å². The molecule has 1 saturated carbocycles. The van der Waals surface area contributed by atoms with E-state index in [1.54, 1.807) is 0 Å². The maximum absolute atomic E-state index is 6.26. The maximum Gasteiger partial charge on any atom is 0.0752 e. The van der Waals surface area contributed by atoms with Crippen molar-refractivity contribution in [2.45, 2.75) is 37.5 Å². The van der Waals surface area contributed by atoms with Gasteiger partial charge in [-0.1, -0.05) is 53.5 Å². The predicted octanol–water partition coefficient (Wildman–Crippen LogP) is 5.94. The summed E-state index contributed by atoms with van der Waals surface area (Å²) < 4.78 is 0.